The third kappa shape index (κ3) is 3.72. The molecule has 2 rings (SSSR count). The van der Waals surface area contributed by atoms with Gasteiger partial charge in [0.25, 0.3) is 0 Å². The zero-order chi connectivity index (χ0) is 15.6. The van der Waals surface area contributed by atoms with E-state index >= 15 is 0 Å². The Labute approximate surface area is 124 Å². The van der Waals surface area contributed by atoms with E-state index in [1.54, 1.807) is 6.92 Å². The fourth-order valence-corrected chi connectivity index (χ4v) is 2.00. The Bertz CT molecular complexity index is 644. The summed E-state index contributed by atoms with van der Waals surface area (Å²) in [4.78, 5) is 0. The van der Waals surface area contributed by atoms with Crippen molar-refractivity contribution < 1.29 is 13.2 Å². The van der Waals surface area contributed by atoms with Crippen LogP contribution in [0.5, 0.6) is 0 Å². The van der Waals surface area contributed by atoms with Gasteiger partial charge in [0.2, 0.25) is 0 Å². The Hall–Kier alpha value is -2.09. The van der Waals surface area contributed by atoms with Gasteiger partial charge in [-0.3, -0.25) is 5.10 Å². The molecule has 0 saturated carbocycles. The molecule has 1 aromatic carbocycles. The van der Waals surface area contributed by atoms with Crippen molar-refractivity contribution in [2.75, 3.05) is 10.6 Å². The van der Waals surface area contributed by atoms with Crippen molar-refractivity contribution >= 4 is 28.7 Å². The molecule has 0 fully saturated rings. The van der Waals surface area contributed by atoms with Crippen molar-refractivity contribution in [3.05, 3.63) is 41.2 Å². The van der Waals surface area contributed by atoms with Gasteiger partial charge in [-0.05, 0) is 44.3 Å². The summed E-state index contributed by atoms with van der Waals surface area (Å²) in [7, 11) is 0. The molecule has 0 saturated heterocycles. The summed E-state index contributed by atoms with van der Waals surface area (Å²) in [6.07, 6.45) is -4.38. The summed E-state index contributed by atoms with van der Waals surface area (Å²) >= 11 is 5.09. The number of thiocarbonyl (C=S) groups is 1. The average Bonchev–Trinajstić information content (AvgIpc) is 2.70. The lowest BCUT2D eigenvalue weighted by molar-refractivity contribution is -0.137. The largest absolute Gasteiger partial charge is 0.416 e. The van der Waals surface area contributed by atoms with Crippen LogP contribution in [0.3, 0.4) is 0 Å². The van der Waals surface area contributed by atoms with Gasteiger partial charge in [0.1, 0.15) is 0 Å². The summed E-state index contributed by atoms with van der Waals surface area (Å²) in [6.45, 7) is 3.61. The van der Waals surface area contributed by atoms with Crippen LogP contribution in [0.4, 0.5) is 24.5 Å². The molecule has 0 aliphatic rings. The number of anilines is 2. The first kappa shape index (κ1) is 15.3. The highest BCUT2D eigenvalue weighted by Gasteiger charge is 2.30. The van der Waals surface area contributed by atoms with Gasteiger partial charge in [0, 0.05) is 5.69 Å². The number of aromatic amines is 1. The van der Waals surface area contributed by atoms with E-state index in [4.69, 9.17) is 12.2 Å². The van der Waals surface area contributed by atoms with E-state index in [-0.39, 0.29) is 10.8 Å². The highest BCUT2D eigenvalue weighted by Crippen LogP contribution is 2.30. The van der Waals surface area contributed by atoms with Crippen LogP contribution < -0.4 is 10.6 Å². The second kappa shape index (κ2) is 5.72. The van der Waals surface area contributed by atoms with Crippen molar-refractivity contribution in [1.82, 2.24) is 10.2 Å². The molecule has 4 nitrogen and oxygen atoms in total. The highest BCUT2D eigenvalue weighted by molar-refractivity contribution is 7.80. The number of aryl methyl sites for hydroxylation is 2. The quantitative estimate of drug-likeness (QED) is 0.737. The molecule has 0 aliphatic heterocycles. The number of hydrogen-bond donors (Lipinski definition) is 3. The van der Waals surface area contributed by atoms with E-state index in [1.165, 1.54) is 12.1 Å². The smallest absolute Gasteiger partial charge is 0.332 e. The molecule has 0 amide bonds. The molecule has 2 aromatic rings. The maximum Gasteiger partial charge on any atom is 0.416 e. The van der Waals surface area contributed by atoms with Gasteiger partial charge < -0.3 is 10.6 Å². The van der Waals surface area contributed by atoms with Gasteiger partial charge in [-0.1, -0.05) is 6.07 Å². The fraction of sp³-hybridized carbons (Fsp3) is 0.231. The van der Waals surface area contributed by atoms with Crippen molar-refractivity contribution in [3.63, 3.8) is 0 Å². The summed E-state index contributed by atoms with van der Waals surface area (Å²) in [5.74, 6) is 0. The molecular formula is C13H13F3N4S. The van der Waals surface area contributed by atoms with Crippen LogP contribution in [0, 0.1) is 13.8 Å². The van der Waals surface area contributed by atoms with Crippen molar-refractivity contribution in [1.29, 1.82) is 0 Å². The number of aromatic nitrogens is 2. The standard InChI is InChI=1S/C13H13F3N4S/c1-7-11(8(2)20-19-7)18-12(21)17-10-5-3-4-9(6-10)13(14,15)16/h3-6H,1-2H3,(H,19,20)(H2,17,18,21). The number of nitrogens with zero attached hydrogens (tertiary/aromatic N) is 1. The molecule has 21 heavy (non-hydrogen) atoms. The number of rotatable bonds is 2. The van der Waals surface area contributed by atoms with E-state index in [9.17, 15) is 13.2 Å². The van der Waals surface area contributed by atoms with Crippen LogP contribution in [0.2, 0.25) is 0 Å². The summed E-state index contributed by atoms with van der Waals surface area (Å²) in [5.41, 5.74) is 1.76. The van der Waals surface area contributed by atoms with Gasteiger partial charge in [-0.15, -0.1) is 0 Å². The third-order valence-electron chi connectivity index (χ3n) is 2.81. The Morgan fingerprint density at radius 2 is 1.95 bits per heavy atom. The SMILES string of the molecule is Cc1n[nH]c(C)c1NC(=S)Nc1cccc(C(F)(F)F)c1. The Morgan fingerprint density at radius 3 is 2.52 bits per heavy atom. The molecule has 1 heterocycles. The number of halogens is 3. The molecule has 0 aliphatic carbocycles. The second-order valence-electron chi connectivity index (χ2n) is 4.47. The lowest BCUT2D eigenvalue weighted by atomic mass is 10.2. The van der Waals surface area contributed by atoms with Crippen molar-refractivity contribution in [2.45, 2.75) is 20.0 Å². The van der Waals surface area contributed by atoms with Gasteiger partial charge in [-0.2, -0.15) is 18.3 Å². The zero-order valence-corrected chi connectivity index (χ0v) is 12.1. The molecular weight excluding hydrogens is 301 g/mol. The van der Waals surface area contributed by atoms with Gasteiger partial charge in [0.05, 0.1) is 22.6 Å². The molecule has 0 atom stereocenters. The number of H-pyrrole nitrogens is 1. The van der Waals surface area contributed by atoms with Gasteiger partial charge >= 0.3 is 6.18 Å². The topological polar surface area (TPSA) is 52.7 Å². The van der Waals surface area contributed by atoms with Crippen LogP contribution >= 0.6 is 12.2 Å². The average molecular weight is 314 g/mol. The van der Waals surface area contributed by atoms with E-state index in [1.807, 2.05) is 6.92 Å². The first-order valence-corrected chi connectivity index (χ1v) is 6.45. The number of hydrogen-bond acceptors (Lipinski definition) is 2. The maximum atomic E-state index is 12.6. The molecule has 112 valence electrons. The summed E-state index contributed by atoms with van der Waals surface area (Å²) in [6, 6.07) is 4.84. The first-order chi connectivity index (χ1) is 9.77. The normalized spacial score (nSPS) is 11.3. The molecule has 0 bridgehead atoms. The lowest BCUT2D eigenvalue weighted by Gasteiger charge is -2.12. The molecule has 3 N–H and O–H groups in total. The number of benzene rings is 1. The van der Waals surface area contributed by atoms with Crippen LogP contribution in [0.25, 0.3) is 0 Å². The minimum Gasteiger partial charge on any atom is -0.332 e. The van der Waals surface area contributed by atoms with Crippen molar-refractivity contribution in [3.8, 4) is 0 Å². The Kier molecular flexibility index (Phi) is 4.17. The van der Waals surface area contributed by atoms with E-state index < -0.39 is 11.7 Å². The van der Waals surface area contributed by atoms with Crippen LogP contribution in [-0.2, 0) is 6.18 Å². The lowest BCUT2D eigenvalue weighted by Crippen LogP contribution is -2.20. The monoisotopic (exact) mass is 314 g/mol. The molecule has 0 radical (unpaired) electrons. The van der Waals surface area contributed by atoms with Crippen LogP contribution in [-0.4, -0.2) is 15.3 Å². The van der Waals surface area contributed by atoms with Crippen LogP contribution in [0.1, 0.15) is 17.0 Å². The van der Waals surface area contributed by atoms with E-state index in [0.717, 1.165) is 23.5 Å². The predicted molar refractivity (Wildman–Crippen MR) is 79.3 cm³/mol. The van der Waals surface area contributed by atoms with Crippen LogP contribution in [0.15, 0.2) is 24.3 Å². The zero-order valence-electron chi connectivity index (χ0n) is 11.3. The minimum absolute atomic E-state index is 0.196. The summed E-state index contributed by atoms with van der Waals surface area (Å²) < 4.78 is 37.9. The maximum absolute atomic E-state index is 12.6. The van der Waals surface area contributed by atoms with Crippen molar-refractivity contribution in [2.24, 2.45) is 0 Å². The predicted octanol–water partition coefficient (Wildman–Crippen LogP) is 3.85. The number of alkyl halides is 3. The van der Waals surface area contributed by atoms with E-state index in [2.05, 4.69) is 20.8 Å². The summed E-state index contributed by atoms with van der Waals surface area (Å²) in [5, 5.41) is 12.6. The second-order valence-corrected chi connectivity index (χ2v) is 4.87. The van der Waals surface area contributed by atoms with Gasteiger partial charge in [-0.25, -0.2) is 0 Å². The molecule has 0 unspecified atom stereocenters. The minimum atomic E-state index is -4.38. The fourth-order valence-electron chi connectivity index (χ4n) is 1.78. The Morgan fingerprint density at radius 1 is 1.24 bits per heavy atom. The number of nitrogens with one attached hydrogen (secondary N) is 3. The molecule has 8 heteroatoms. The van der Waals surface area contributed by atoms with Gasteiger partial charge in [0.15, 0.2) is 5.11 Å². The highest BCUT2D eigenvalue weighted by atomic mass is 32.1. The first-order valence-electron chi connectivity index (χ1n) is 6.04. The van der Waals surface area contributed by atoms with E-state index in [0.29, 0.717) is 5.69 Å². The molecule has 1 aromatic heterocycles. The Balaban J connectivity index is 2.10. The third-order valence-corrected chi connectivity index (χ3v) is 3.02. The molecule has 0 spiro atoms.